The lowest BCUT2D eigenvalue weighted by molar-refractivity contribution is 0.593. The van der Waals surface area contributed by atoms with E-state index >= 15 is 0 Å². The van der Waals surface area contributed by atoms with Gasteiger partial charge in [-0.1, -0.05) is 49.4 Å². The minimum Gasteiger partial charge on any atom is -0.330 e. The summed E-state index contributed by atoms with van der Waals surface area (Å²) in [6.07, 6.45) is 1.82. The highest BCUT2D eigenvalue weighted by atomic mass is 32.2. The van der Waals surface area contributed by atoms with E-state index in [0.717, 1.165) is 23.8 Å². The Hall–Kier alpha value is -2.70. The Bertz CT molecular complexity index is 1240. The summed E-state index contributed by atoms with van der Waals surface area (Å²) in [5.41, 5.74) is 7.49. The van der Waals surface area contributed by atoms with Crippen LogP contribution in [0.4, 0.5) is 0 Å². The fourth-order valence-corrected chi connectivity index (χ4v) is 5.38. The van der Waals surface area contributed by atoms with Gasteiger partial charge in [-0.2, -0.15) is 5.10 Å². The fourth-order valence-electron chi connectivity index (χ4n) is 3.81. The Labute approximate surface area is 164 Å². The van der Waals surface area contributed by atoms with Gasteiger partial charge in [-0.25, -0.2) is 8.42 Å². The van der Waals surface area contributed by atoms with Crippen LogP contribution in [0.15, 0.2) is 70.6 Å². The standard InChI is InChI=1S/C22H23N3O2S/c1-2-15(12-13-23)17-10-11-20-19(14-17)22(25-24-20)28(26,27)21-9-5-7-16-6-3-4-8-18(16)21/h3-11,14-15H,2,12-13,23H2,1H3,(H,24,25). The maximum absolute atomic E-state index is 13.5. The molecule has 0 aliphatic carbocycles. The largest absolute Gasteiger partial charge is 0.330 e. The predicted molar refractivity (Wildman–Crippen MR) is 112 cm³/mol. The molecular weight excluding hydrogens is 370 g/mol. The summed E-state index contributed by atoms with van der Waals surface area (Å²) < 4.78 is 27.0. The number of aromatic amines is 1. The molecule has 1 heterocycles. The van der Waals surface area contributed by atoms with Crippen LogP contribution >= 0.6 is 0 Å². The van der Waals surface area contributed by atoms with E-state index in [-0.39, 0.29) is 9.92 Å². The third-order valence-corrected chi connectivity index (χ3v) is 7.11. The topological polar surface area (TPSA) is 88.8 Å². The highest BCUT2D eigenvalue weighted by Gasteiger charge is 2.25. The molecule has 1 unspecified atom stereocenters. The first-order valence-electron chi connectivity index (χ1n) is 9.47. The van der Waals surface area contributed by atoms with E-state index in [1.807, 2.05) is 48.5 Å². The van der Waals surface area contributed by atoms with Crippen LogP contribution in [0.25, 0.3) is 21.7 Å². The summed E-state index contributed by atoms with van der Waals surface area (Å²) in [6.45, 7) is 2.72. The Kier molecular flexibility index (Phi) is 4.91. The average molecular weight is 394 g/mol. The third-order valence-electron chi connectivity index (χ3n) is 5.33. The van der Waals surface area contributed by atoms with E-state index in [1.54, 1.807) is 12.1 Å². The summed E-state index contributed by atoms with van der Waals surface area (Å²) >= 11 is 0. The minimum absolute atomic E-state index is 0.142. The van der Waals surface area contributed by atoms with Crippen LogP contribution < -0.4 is 5.73 Å². The summed E-state index contributed by atoms with van der Waals surface area (Å²) in [6, 6.07) is 18.7. The number of benzene rings is 3. The van der Waals surface area contributed by atoms with Crippen molar-refractivity contribution in [2.24, 2.45) is 5.73 Å². The van der Waals surface area contributed by atoms with Crippen LogP contribution in [0.5, 0.6) is 0 Å². The number of hydrogen-bond acceptors (Lipinski definition) is 4. The van der Waals surface area contributed by atoms with Gasteiger partial charge in [0, 0.05) is 10.8 Å². The van der Waals surface area contributed by atoms with Gasteiger partial charge in [0.2, 0.25) is 9.84 Å². The number of nitrogens with one attached hydrogen (secondary N) is 1. The number of fused-ring (bicyclic) bond motifs is 2. The van der Waals surface area contributed by atoms with Crippen molar-refractivity contribution in [2.75, 3.05) is 6.54 Å². The lowest BCUT2D eigenvalue weighted by Crippen LogP contribution is -2.07. The van der Waals surface area contributed by atoms with Crippen molar-refractivity contribution in [3.8, 4) is 0 Å². The molecule has 0 radical (unpaired) electrons. The lowest BCUT2D eigenvalue weighted by Gasteiger charge is -2.14. The first-order valence-corrected chi connectivity index (χ1v) is 11.0. The molecule has 0 amide bonds. The molecule has 0 saturated carbocycles. The Morgan fingerprint density at radius 1 is 1.04 bits per heavy atom. The van der Waals surface area contributed by atoms with Gasteiger partial charge in [-0.15, -0.1) is 0 Å². The lowest BCUT2D eigenvalue weighted by atomic mass is 9.92. The molecule has 4 rings (SSSR count). The molecule has 0 fully saturated rings. The fraction of sp³-hybridized carbons (Fsp3) is 0.227. The Morgan fingerprint density at radius 3 is 2.61 bits per heavy atom. The van der Waals surface area contributed by atoms with Crippen molar-refractivity contribution < 1.29 is 8.42 Å². The number of aromatic nitrogens is 2. The molecule has 0 saturated heterocycles. The van der Waals surface area contributed by atoms with Crippen LogP contribution in [0.3, 0.4) is 0 Å². The maximum atomic E-state index is 13.5. The van der Waals surface area contributed by atoms with Crippen molar-refractivity contribution in [2.45, 2.75) is 35.6 Å². The minimum atomic E-state index is -3.75. The van der Waals surface area contributed by atoms with Crippen molar-refractivity contribution in [3.63, 3.8) is 0 Å². The molecule has 3 aromatic carbocycles. The summed E-state index contributed by atoms with van der Waals surface area (Å²) in [5, 5.41) is 9.37. The van der Waals surface area contributed by atoms with Crippen molar-refractivity contribution >= 4 is 31.5 Å². The second-order valence-corrected chi connectivity index (χ2v) is 8.85. The summed E-state index contributed by atoms with van der Waals surface area (Å²) in [7, 11) is -3.75. The third kappa shape index (κ3) is 3.08. The number of sulfone groups is 1. The first kappa shape index (κ1) is 18.7. The van der Waals surface area contributed by atoms with Crippen LogP contribution in [0.2, 0.25) is 0 Å². The highest BCUT2D eigenvalue weighted by molar-refractivity contribution is 7.91. The molecule has 0 aliphatic rings. The second-order valence-electron chi connectivity index (χ2n) is 6.99. The highest BCUT2D eigenvalue weighted by Crippen LogP contribution is 2.33. The number of rotatable bonds is 6. The molecular formula is C22H23N3O2S. The van der Waals surface area contributed by atoms with Crippen molar-refractivity contribution in [1.82, 2.24) is 10.2 Å². The monoisotopic (exact) mass is 393 g/mol. The van der Waals surface area contributed by atoms with E-state index in [1.165, 1.54) is 0 Å². The molecule has 28 heavy (non-hydrogen) atoms. The van der Waals surface area contributed by atoms with Gasteiger partial charge in [0.05, 0.1) is 10.4 Å². The molecule has 0 bridgehead atoms. The predicted octanol–water partition coefficient (Wildman–Crippen LogP) is 4.39. The second kappa shape index (κ2) is 7.37. The van der Waals surface area contributed by atoms with E-state index in [4.69, 9.17) is 5.73 Å². The van der Waals surface area contributed by atoms with Crippen LogP contribution in [0.1, 0.15) is 31.2 Å². The zero-order valence-electron chi connectivity index (χ0n) is 15.7. The molecule has 6 heteroatoms. The molecule has 5 nitrogen and oxygen atoms in total. The van der Waals surface area contributed by atoms with E-state index in [0.29, 0.717) is 28.8 Å². The van der Waals surface area contributed by atoms with Crippen LogP contribution in [-0.4, -0.2) is 25.2 Å². The van der Waals surface area contributed by atoms with Crippen molar-refractivity contribution in [3.05, 3.63) is 66.2 Å². The zero-order chi connectivity index (χ0) is 19.7. The Morgan fingerprint density at radius 2 is 1.82 bits per heavy atom. The summed E-state index contributed by atoms with van der Waals surface area (Å²) in [5.74, 6) is 0.303. The van der Waals surface area contributed by atoms with Crippen molar-refractivity contribution in [1.29, 1.82) is 0 Å². The van der Waals surface area contributed by atoms with Gasteiger partial charge in [0.1, 0.15) is 0 Å². The molecule has 4 aromatic rings. The smallest absolute Gasteiger partial charge is 0.224 e. The molecule has 0 aliphatic heterocycles. The Balaban J connectivity index is 1.90. The molecule has 1 atom stereocenters. The SMILES string of the molecule is CCC(CCN)c1ccc2n[nH]c(S(=O)(=O)c3cccc4ccccc34)c2c1. The average Bonchev–Trinajstić information content (AvgIpc) is 3.15. The van der Waals surface area contributed by atoms with E-state index < -0.39 is 9.84 Å². The van der Waals surface area contributed by atoms with Crippen LogP contribution in [-0.2, 0) is 9.84 Å². The number of H-pyrrole nitrogens is 1. The van der Waals surface area contributed by atoms with E-state index in [2.05, 4.69) is 17.1 Å². The molecule has 3 N–H and O–H groups in total. The normalized spacial score (nSPS) is 13.2. The number of nitrogens with zero attached hydrogens (tertiary/aromatic N) is 1. The van der Waals surface area contributed by atoms with Crippen LogP contribution in [0, 0.1) is 0 Å². The first-order chi connectivity index (χ1) is 13.6. The molecule has 1 aromatic heterocycles. The van der Waals surface area contributed by atoms with E-state index in [9.17, 15) is 8.42 Å². The van der Waals surface area contributed by atoms with Gasteiger partial charge in [-0.05, 0) is 54.5 Å². The van der Waals surface area contributed by atoms with Gasteiger partial charge in [0.15, 0.2) is 5.03 Å². The maximum Gasteiger partial charge on any atom is 0.224 e. The van der Waals surface area contributed by atoms with Gasteiger partial charge in [-0.3, -0.25) is 5.10 Å². The number of hydrogen-bond donors (Lipinski definition) is 2. The quantitative estimate of drug-likeness (QED) is 0.508. The number of nitrogens with two attached hydrogens (primary N) is 1. The zero-order valence-corrected chi connectivity index (χ0v) is 16.5. The van der Waals surface area contributed by atoms with Gasteiger partial charge >= 0.3 is 0 Å². The summed E-state index contributed by atoms with van der Waals surface area (Å²) in [4.78, 5) is 0.288. The molecule has 0 spiro atoms. The van der Waals surface area contributed by atoms with Gasteiger partial charge < -0.3 is 5.73 Å². The molecule has 144 valence electrons. The van der Waals surface area contributed by atoms with Gasteiger partial charge in [0.25, 0.3) is 0 Å².